The zero-order valence-electron chi connectivity index (χ0n) is 11.6. The van der Waals surface area contributed by atoms with Crippen molar-refractivity contribution in [3.63, 3.8) is 0 Å². The molecule has 0 unspecified atom stereocenters. The first-order chi connectivity index (χ1) is 10.0. The summed E-state index contributed by atoms with van der Waals surface area (Å²) in [5.41, 5.74) is 0.771. The van der Waals surface area contributed by atoms with Gasteiger partial charge in [0, 0.05) is 10.6 Å². The van der Waals surface area contributed by atoms with E-state index in [1.807, 2.05) is 12.1 Å². The number of benzene rings is 1. The molecule has 6 nitrogen and oxygen atoms in total. The lowest BCUT2D eigenvalue weighted by molar-refractivity contribution is 0.0527. The summed E-state index contributed by atoms with van der Waals surface area (Å²) in [5, 5.41) is 6.70. The van der Waals surface area contributed by atoms with Crippen LogP contribution in [0, 0.1) is 3.57 Å². The first kappa shape index (κ1) is 15.5. The average Bonchev–Trinajstić information content (AvgIpc) is 2.81. The summed E-state index contributed by atoms with van der Waals surface area (Å²) in [4.78, 5) is 24.1. The van der Waals surface area contributed by atoms with Crippen LogP contribution in [0.2, 0.25) is 0 Å². The van der Waals surface area contributed by atoms with E-state index in [2.05, 4.69) is 33.0 Å². The Balaban J connectivity index is 2.28. The van der Waals surface area contributed by atoms with Crippen molar-refractivity contribution >= 4 is 40.3 Å². The summed E-state index contributed by atoms with van der Waals surface area (Å²) >= 11 is 2.09. The van der Waals surface area contributed by atoms with Crippen molar-refractivity contribution in [1.29, 1.82) is 0 Å². The van der Waals surface area contributed by atoms with Gasteiger partial charge in [-0.1, -0.05) is 12.1 Å². The van der Waals surface area contributed by atoms with Crippen LogP contribution in [-0.4, -0.2) is 28.3 Å². The molecule has 0 aliphatic rings. The van der Waals surface area contributed by atoms with Gasteiger partial charge in [-0.25, -0.2) is 4.79 Å². The van der Waals surface area contributed by atoms with Gasteiger partial charge in [-0.3, -0.25) is 9.48 Å². The topological polar surface area (TPSA) is 73.2 Å². The van der Waals surface area contributed by atoms with E-state index in [-0.39, 0.29) is 18.1 Å². The van der Waals surface area contributed by atoms with Gasteiger partial charge in [0.15, 0.2) is 0 Å². The molecule has 1 heterocycles. The fourth-order valence-electron chi connectivity index (χ4n) is 1.76. The van der Waals surface area contributed by atoms with Crippen molar-refractivity contribution in [2.75, 3.05) is 11.9 Å². The second kappa shape index (κ2) is 6.70. The lowest BCUT2D eigenvalue weighted by Crippen LogP contribution is -2.18. The number of hydrogen-bond donors (Lipinski definition) is 1. The van der Waals surface area contributed by atoms with Crippen LogP contribution in [0.5, 0.6) is 0 Å². The van der Waals surface area contributed by atoms with Crippen molar-refractivity contribution in [2.24, 2.45) is 7.05 Å². The average molecular weight is 399 g/mol. The quantitative estimate of drug-likeness (QED) is 0.634. The third-order valence-corrected chi connectivity index (χ3v) is 3.73. The number of esters is 1. The molecule has 1 aromatic carbocycles. The minimum absolute atomic E-state index is 0.235. The van der Waals surface area contributed by atoms with Crippen molar-refractivity contribution in [3.8, 4) is 0 Å². The maximum absolute atomic E-state index is 12.3. The molecule has 7 heteroatoms. The van der Waals surface area contributed by atoms with Crippen LogP contribution in [0.25, 0.3) is 0 Å². The molecule has 1 aromatic heterocycles. The molecular weight excluding hydrogens is 385 g/mol. The Bertz CT molecular complexity index is 682. The van der Waals surface area contributed by atoms with Gasteiger partial charge in [0.05, 0.1) is 18.4 Å². The smallest absolute Gasteiger partial charge is 0.343 e. The number of amides is 1. The fraction of sp³-hybridized carbons (Fsp3) is 0.214. The maximum atomic E-state index is 12.3. The van der Waals surface area contributed by atoms with Gasteiger partial charge in [0.1, 0.15) is 11.4 Å². The summed E-state index contributed by atoms with van der Waals surface area (Å²) < 4.78 is 7.20. The van der Waals surface area contributed by atoms with Crippen molar-refractivity contribution in [3.05, 3.63) is 45.2 Å². The Morgan fingerprint density at radius 3 is 2.71 bits per heavy atom. The van der Waals surface area contributed by atoms with Gasteiger partial charge in [-0.05, 0) is 41.6 Å². The number of aromatic nitrogens is 2. The number of carbonyl (C=O) groups excluding carboxylic acids is 2. The molecule has 21 heavy (non-hydrogen) atoms. The van der Waals surface area contributed by atoms with E-state index in [9.17, 15) is 9.59 Å². The molecule has 0 aliphatic heterocycles. The van der Waals surface area contributed by atoms with Gasteiger partial charge >= 0.3 is 5.97 Å². The van der Waals surface area contributed by atoms with Gasteiger partial charge < -0.3 is 10.1 Å². The van der Waals surface area contributed by atoms with E-state index in [0.29, 0.717) is 11.4 Å². The third-order valence-electron chi connectivity index (χ3n) is 2.78. The SMILES string of the molecule is CCOC(=O)c1cnn(C)c1NC(=O)c1ccccc1I. The van der Waals surface area contributed by atoms with E-state index in [4.69, 9.17) is 4.74 Å². The molecule has 110 valence electrons. The van der Waals surface area contributed by atoms with Crippen LogP contribution in [0.4, 0.5) is 5.82 Å². The lowest BCUT2D eigenvalue weighted by atomic mass is 10.2. The second-order valence-electron chi connectivity index (χ2n) is 4.18. The zero-order valence-corrected chi connectivity index (χ0v) is 13.7. The summed E-state index contributed by atoms with van der Waals surface area (Å²) in [6, 6.07) is 7.20. The Morgan fingerprint density at radius 2 is 2.05 bits per heavy atom. The first-order valence-electron chi connectivity index (χ1n) is 6.29. The highest BCUT2D eigenvalue weighted by atomic mass is 127. The Hall–Kier alpha value is -1.90. The van der Waals surface area contributed by atoms with Gasteiger partial charge in [0.2, 0.25) is 0 Å². The molecule has 0 spiro atoms. The Labute approximate surface area is 135 Å². The standard InChI is InChI=1S/C14H14IN3O3/c1-3-21-14(20)10-8-16-18(2)12(10)17-13(19)9-6-4-5-7-11(9)15/h4-8H,3H2,1-2H3,(H,17,19). The van der Waals surface area contributed by atoms with E-state index in [1.165, 1.54) is 10.9 Å². The number of nitrogens with zero attached hydrogens (tertiary/aromatic N) is 2. The highest BCUT2D eigenvalue weighted by Gasteiger charge is 2.20. The second-order valence-corrected chi connectivity index (χ2v) is 5.35. The number of halogens is 1. The van der Waals surface area contributed by atoms with Crippen LogP contribution >= 0.6 is 22.6 Å². The van der Waals surface area contributed by atoms with Gasteiger partial charge in [0.25, 0.3) is 5.91 Å². The summed E-state index contributed by atoms with van der Waals surface area (Å²) in [7, 11) is 1.65. The van der Waals surface area contributed by atoms with Crippen LogP contribution in [0.15, 0.2) is 30.5 Å². The number of carbonyl (C=O) groups is 2. The lowest BCUT2D eigenvalue weighted by Gasteiger charge is -2.09. The highest BCUT2D eigenvalue weighted by Crippen LogP contribution is 2.18. The number of rotatable bonds is 4. The van der Waals surface area contributed by atoms with Crippen LogP contribution in [0.1, 0.15) is 27.6 Å². The van der Waals surface area contributed by atoms with Crippen LogP contribution < -0.4 is 5.32 Å². The molecule has 0 fully saturated rings. The van der Waals surface area contributed by atoms with Crippen molar-refractivity contribution in [2.45, 2.75) is 6.92 Å². The molecule has 0 aliphatic carbocycles. The third kappa shape index (κ3) is 3.41. The number of ether oxygens (including phenoxy) is 1. The van der Waals surface area contributed by atoms with Gasteiger partial charge in [-0.2, -0.15) is 5.10 Å². The minimum atomic E-state index is -0.511. The van der Waals surface area contributed by atoms with E-state index in [0.717, 1.165) is 3.57 Å². The number of aryl methyl sites for hydroxylation is 1. The van der Waals surface area contributed by atoms with E-state index >= 15 is 0 Å². The maximum Gasteiger partial charge on any atom is 0.343 e. The minimum Gasteiger partial charge on any atom is -0.462 e. The monoisotopic (exact) mass is 399 g/mol. The normalized spacial score (nSPS) is 10.2. The zero-order chi connectivity index (χ0) is 15.4. The summed E-state index contributed by atoms with van der Waals surface area (Å²) in [6.45, 7) is 1.98. The highest BCUT2D eigenvalue weighted by molar-refractivity contribution is 14.1. The molecule has 1 amide bonds. The predicted octanol–water partition coefficient (Wildman–Crippen LogP) is 2.45. The van der Waals surface area contributed by atoms with Crippen molar-refractivity contribution in [1.82, 2.24) is 9.78 Å². The Morgan fingerprint density at radius 1 is 1.33 bits per heavy atom. The summed E-state index contributed by atoms with van der Waals surface area (Å²) in [5.74, 6) is -0.490. The largest absolute Gasteiger partial charge is 0.462 e. The molecule has 0 saturated heterocycles. The molecule has 1 N–H and O–H groups in total. The van der Waals surface area contributed by atoms with Crippen LogP contribution in [-0.2, 0) is 11.8 Å². The van der Waals surface area contributed by atoms with Gasteiger partial charge in [-0.15, -0.1) is 0 Å². The molecule has 0 saturated carbocycles. The summed E-state index contributed by atoms with van der Waals surface area (Å²) in [6.07, 6.45) is 1.38. The first-order valence-corrected chi connectivity index (χ1v) is 7.37. The van der Waals surface area contributed by atoms with Crippen molar-refractivity contribution < 1.29 is 14.3 Å². The molecular formula is C14H14IN3O3. The molecule has 0 atom stereocenters. The van der Waals surface area contributed by atoms with Crippen LogP contribution in [0.3, 0.4) is 0 Å². The molecule has 0 bridgehead atoms. The number of nitrogens with one attached hydrogen (secondary N) is 1. The van der Waals surface area contributed by atoms with E-state index in [1.54, 1.807) is 26.1 Å². The molecule has 2 rings (SSSR count). The fourth-order valence-corrected chi connectivity index (χ4v) is 2.40. The molecule has 0 radical (unpaired) electrons. The Kier molecular flexibility index (Phi) is 4.94. The van der Waals surface area contributed by atoms with E-state index < -0.39 is 5.97 Å². The predicted molar refractivity (Wildman–Crippen MR) is 86.3 cm³/mol. The molecule has 2 aromatic rings. The number of anilines is 1. The number of hydrogen-bond acceptors (Lipinski definition) is 4.